The summed E-state index contributed by atoms with van der Waals surface area (Å²) in [4.78, 5) is 0. The normalized spacial score (nSPS) is 12.9. The van der Waals surface area contributed by atoms with Crippen LogP contribution in [-0.2, 0) is 6.54 Å². The fourth-order valence-corrected chi connectivity index (χ4v) is 1.48. The molecular formula is C10H13BrFNO. The Bertz CT molecular complexity index is 304. The zero-order chi connectivity index (χ0) is 10.6. The summed E-state index contributed by atoms with van der Waals surface area (Å²) >= 11 is 3.33. The van der Waals surface area contributed by atoms with Gasteiger partial charge in [-0.25, -0.2) is 4.39 Å². The van der Waals surface area contributed by atoms with Gasteiger partial charge in [-0.2, -0.15) is 0 Å². The van der Waals surface area contributed by atoms with Crippen molar-refractivity contribution >= 4 is 15.9 Å². The number of aliphatic hydroxyl groups is 1. The Morgan fingerprint density at radius 3 is 2.93 bits per heavy atom. The molecular weight excluding hydrogens is 249 g/mol. The van der Waals surface area contributed by atoms with Gasteiger partial charge >= 0.3 is 0 Å². The van der Waals surface area contributed by atoms with Crippen LogP contribution in [0.4, 0.5) is 4.39 Å². The van der Waals surface area contributed by atoms with Gasteiger partial charge in [0.2, 0.25) is 0 Å². The van der Waals surface area contributed by atoms with Crippen molar-refractivity contribution in [2.45, 2.75) is 19.6 Å². The quantitative estimate of drug-likeness (QED) is 0.870. The van der Waals surface area contributed by atoms with E-state index < -0.39 is 0 Å². The highest BCUT2D eigenvalue weighted by Gasteiger charge is 2.02. The molecule has 0 aromatic heterocycles. The number of benzene rings is 1. The molecule has 1 atom stereocenters. The second-order valence-electron chi connectivity index (χ2n) is 3.22. The van der Waals surface area contributed by atoms with Crippen molar-refractivity contribution in [1.29, 1.82) is 0 Å². The Kier molecular flexibility index (Phi) is 4.51. The Hall–Kier alpha value is -0.450. The van der Waals surface area contributed by atoms with Gasteiger partial charge in [-0.3, -0.25) is 0 Å². The number of hydrogen-bond donors (Lipinski definition) is 2. The molecule has 1 aromatic carbocycles. The fraction of sp³-hybridized carbons (Fsp3) is 0.400. The molecule has 2 nitrogen and oxygen atoms in total. The molecule has 1 unspecified atom stereocenters. The van der Waals surface area contributed by atoms with Crippen LogP contribution in [0.25, 0.3) is 0 Å². The number of hydrogen-bond acceptors (Lipinski definition) is 2. The first-order valence-corrected chi connectivity index (χ1v) is 5.21. The van der Waals surface area contributed by atoms with E-state index in [9.17, 15) is 4.39 Å². The van der Waals surface area contributed by atoms with Crippen molar-refractivity contribution in [3.8, 4) is 0 Å². The molecule has 0 saturated heterocycles. The van der Waals surface area contributed by atoms with Crippen LogP contribution in [0.1, 0.15) is 12.5 Å². The summed E-state index contributed by atoms with van der Waals surface area (Å²) < 4.78 is 13.7. The van der Waals surface area contributed by atoms with Gasteiger partial charge in [-0.05, 0) is 30.7 Å². The summed E-state index contributed by atoms with van der Waals surface area (Å²) in [5.74, 6) is -0.248. The molecule has 0 heterocycles. The number of rotatable bonds is 4. The van der Waals surface area contributed by atoms with Gasteiger partial charge < -0.3 is 10.4 Å². The molecule has 0 aliphatic carbocycles. The van der Waals surface area contributed by atoms with Crippen LogP contribution in [0.5, 0.6) is 0 Å². The van der Waals surface area contributed by atoms with Crippen LogP contribution < -0.4 is 5.32 Å². The van der Waals surface area contributed by atoms with Crippen molar-refractivity contribution in [3.05, 3.63) is 34.1 Å². The van der Waals surface area contributed by atoms with Crippen LogP contribution in [0, 0.1) is 5.82 Å². The zero-order valence-corrected chi connectivity index (χ0v) is 9.51. The van der Waals surface area contributed by atoms with E-state index in [0.717, 1.165) is 10.0 Å². The zero-order valence-electron chi connectivity index (χ0n) is 7.93. The minimum absolute atomic E-state index is 0.248. The maximum Gasteiger partial charge on any atom is 0.123 e. The summed E-state index contributed by atoms with van der Waals surface area (Å²) in [6.07, 6.45) is -0.387. The average molecular weight is 262 g/mol. The van der Waals surface area contributed by atoms with E-state index in [0.29, 0.717) is 13.1 Å². The van der Waals surface area contributed by atoms with Crippen LogP contribution in [-0.4, -0.2) is 17.8 Å². The molecule has 0 spiro atoms. The summed E-state index contributed by atoms with van der Waals surface area (Å²) in [6, 6.07) is 4.55. The maximum atomic E-state index is 12.8. The standard InChI is InChI=1S/C10H13BrFNO/c1-7(14)5-13-6-8-4-9(12)2-3-10(8)11/h2-4,7,13-14H,5-6H2,1H3. The minimum Gasteiger partial charge on any atom is -0.392 e. The topological polar surface area (TPSA) is 32.3 Å². The highest BCUT2D eigenvalue weighted by molar-refractivity contribution is 9.10. The largest absolute Gasteiger partial charge is 0.392 e. The first-order valence-electron chi connectivity index (χ1n) is 4.42. The third-order valence-electron chi connectivity index (χ3n) is 1.76. The van der Waals surface area contributed by atoms with Crippen molar-refractivity contribution in [1.82, 2.24) is 5.32 Å². The molecule has 1 rings (SSSR count). The lowest BCUT2D eigenvalue weighted by atomic mass is 10.2. The smallest absolute Gasteiger partial charge is 0.123 e. The Morgan fingerprint density at radius 1 is 1.57 bits per heavy atom. The van der Waals surface area contributed by atoms with Gasteiger partial charge in [-0.1, -0.05) is 15.9 Å². The van der Waals surface area contributed by atoms with Gasteiger partial charge in [0.05, 0.1) is 6.10 Å². The summed E-state index contributed by atoms with van der Waals surface area (Å²) in [5, 5.41) is 12.0. The minimum atomic E-state index is -0.387. The number of nitrogens with one attached hydrogen (secondary N) is 1. The van der Waals surface area contributed by atoms with Gasteiger partial charge in [0.25, 0.3) is 0 Å². The van der Waals surface area contributed by atoms with Crippen molar-refractivity contribution in [3.63, 3.8) is 0 Å². The lowest BCUT2D eigenvalue weighted by molar-refractivity contribution is 0.191. The molecule has 1 aromatic rings. The van der Waals surface area contributed by atoms with Gasteiger partial charge in [0.1, 0.15) is 5.82 Å². The van der Waals surface area contributed by atoms with Crippen molar-refractivity contribution < 1.29 is 9.50 Å². The molecule has 2 N–H and O–H groups in total. The van der Waals surface area contributed by atoms with Crippen LogP contribution in [0.15, 0.2) is 22.7 Å². The van der Waals surface area contributed by atoms with E-state index in [1.165, 1.54) is 12.1 Å². The van der Waals surface area contributed by atoms with Gasteiger partial charge in [0.15, 0.2) is 0 Å². The summed E-state index contributed by atoms with van der Waals surface area (Å²) in [5.41, 5.74) is 0.852. The SMILES string of the molecule is CC(O)CNCc1cc(F)ccc1Br. The van der Waals surface area contributed by atoms with Crippen molar-refractivity contribution in [2.75, 3.05) is 6.54 Å². The molecule has 0 radical (unpaired) electrons. The molecule has 0 amide bonds. The van der Waals surface area contributed by atoms with E-state index in [2.05, 4.69) is 21.2 Å². The Balaban J connectivity index is 2.53. The monoisotopic (exact) mass is 261 g/mol. The average Bonchev–Trinajstić information content (AvgIpc) is 2.10. The lowest BCUT2D eigenvalue weighted by Crippen LogP contribution is -2.24. The third kappa shape index (κ3) is 3.74. The van der Waals surface area contributed by atoms with Gasteiger partial charge in [-0.15, -0.1) is 0 Å². The lowest BCUT2D eigenvalue weighted by Gasteiger charge is -2.08. The van der Waals surface area contributed by atoms with E-state index in [1.54, 1.807) is 13.0 Å². The predicted octanol–water partition coefficient (Wildman–Crippen LogP) is 2.06. The molecule has 0 aliphatic rings. The Morgan fingerprint density at radius 2 is 2.29 bits per heavy atom. The van der Waals surface area contributed by atoms with Crippen molar-refractivity contribution in [2.24, 2.45) is 0 Å². The molecule has 0 saturated carbocycles. The third-order valence-corrected chi connectivity index (χ3v) is 2.54. The first kappa shape index (κ1) is 11.6. The van der Waals surface area contributed by atoms with Crippen LogP contribution >= 0.6 is 15.9 Å². The second kappa shape index (κ2) is 5.44. The van der Waals surface area contributed by atoms with E-state index in [4.69, 9.17) is 5.11 Å². The predicted molar refractivity (Wildman–Crippen MR) is 57.5 cm³/mol. The highest BCUT2D eigenvalue weighted by Crippen LogP contribution is 2.17. The molecule has 0 bridgehead atoms. The first-order chi connectivity index (χ1) is 6.59. The highest BCUT2D eigenvalue weighted by atomic mass is 79.9. The second-order valence-corrected chi connectivity index (χ2v) is 4.07. The number of aliphatic hydroxyl groups excluding tert-OH is 1. The van der Waals surface area contributed by atoms with E-state index >= 15 is 0 Å². The van der Waals surface area contributed by atoms with E-state index in [1.807, 2.05) is 0 Å². The molecule has 0 aliphatic heterocycles. The molecule has 78 valence electrons. The molecule has 4 heteroatoms. The van der Waals surface area contributed by atoms with Crippen LogP contribution in [0.2, 0.25) is 0 Å². The molecule has 0 fully saturated rings. The summed E-state index contributed by atoms with van der Waals surface area (Å²) in [7, 11) is 0. The van der Waals surface area contributed by atoms with Gasteiger partial charge in [0, 0.05) is 17.6 Å². The maximum absolute atomic E-state index is 12.8. The molecule has 14 heavy (non-hydrogen) atoms. The fourth-order valence-electron chi connectivity index (χ4n) is 1.09. The van der Waals surface area contributed by atoms with Crippen LogP contribution in [0.3, 0.4) is 0 Å². The number of halogens is 2. The van der Waals surface area contributed by atoms with E-state index in [-0.39, 0.29) is 11.9 Å². The Labute approximate surface area is 91.3 Å². The summed E-state index contributed by atoms with van der Waals surface area (Å²) in [6.45, 7) is 2.75.